The molecule has 4 heteroatoms. The van der Waals surface area contributed by atoms with Crippen LogP contribution in [0.3, 0.4) is 0 Å². The number of nitrogens with zero attached hydrogens (tertiary/aromatic N) is 1. The Hall–Kier alpha value is -0.940. The largest absolute Gasteiger partial charge is 0.392 e. The molecule has 2 N–H and O–H groups in total. The summed E-state index contributed by atoms with van der Waals surface area (Å²) in [6.45, 7) is 5.38. The first kappa shape index (κ1) is 15.9. The highest BCUT2D eigenvalue weighted by Gasteiger charge is 2.43. The average molecular weight is 305 g/mol. The summed E-state index contributed by atoms with van der Waals surface area (Å²) in [5.41, 5.74) is 1.59. The fourth-order valence-corrected chi connectivity index (χ4v) is 3.87. The van der Waals surface area contributed by atoms with E-state index in [0.717, 1.165) is 31.5 Å². The molecule has 1 aromatic carbocycles. The Morgan fingerprint density at radius 2 is 2.00 bits per heavy atom. The highest BCUT2D eigenvalue weighted by molar-refractivity contribution is 5.22. The van der Waals surface area contributed by atoms with Gasteiger partial charge < -0.3 is 14.9 Å². The van der Waals surface area contributed by atoms with Crippen molar-refractivity contribution in [3.8, 4) is 0 Å². The van der Waals surface area contributed by atoms with E-state index in [1.165, 1.54) is 12.0 Å². The van der Waals surface area contributed by atoms with Gasteiger partial charge in [-0.3, -0.25) is 4.90 Å². The van der Waals surface area contributed by atoms with Crippen LogP contribution >= 0.6 is 0 Å². The minimum absolute atomic E-state index is 0.0922. The molecule has 2 aliphatic heterocycles. The molecule has 2 saturated heterocycles. The number of hydrogen-bond donors (Lipinski definition) is 2. The summed E-state index contributed by atoms with van der Waals surface area (Å²) in [5, 5.41) is 19.8. The lowest BCUT2D eigenvalue weighted by Crippen LogP contribution is -2.52. The predicted molar refractivity (Wildman–Crippen MR) is 85.3 cm³/mol. The van der Waals surface area contributed by atoms with Crippen LogP contribution < -0.4 is 0 Å². The Morgan fingerprint density at radius 1 is 1.27 bits per heavy atom. The summed E-state index contributed by atoms with van der Waals surface area (Å²) < 4.78 is 5.64. The van der Waals surface area contributed by atoms with Gasteiger partial charge >= 0.3 is 0 Å². The number of rotatable bonds is 4. The highest BCUT2D eigenvalue weighted by Crippen LogP contribution is 2.36. The van der Waals surface area contributed by atoms with Gasteiger partial charge in [0.1, 0.15) is 0 Å². The fraction of sp³-hybridized carbons (Fsp3) is 0.667. The first-order valence-corrected chi connectivity index (χ1v) is 8.33. The van der Waals surface area contributed by atoms with Crippen LogP contribution in [0.2, 0.25) is 0 Å². The highest BCUT2D eigenvalue weighted by atomic mass is 16.5. The van der Waals surface area contributed by atoms with E-state index < -0.39 is 5.60 Å². The normalized spacial score (nSPS) is 33.2. The molecule has 0 aromatic heterocycles. The molecule has 2 fully saturated rings. The number of aliphatic hydroxyl groups excluding tert-OH is 1. The molecule has 22 heavy (non-hydrogen) atoms. The van der Waals surface area contributed by atoms with Crippen molar-refractivity contribution in [3.63, 3.8) is 0 Å². The van der Waals surface area contributed by atoms with Crippen molar-refractivity contribution in [2.24, 2.45) is 5.92 Å². The standard InChI is InChI=1S/C18H27NO3/c1-18(21)8-10-22-13-16(18)17-3-2-9-19(17)11-14-4-6-15(12-20)7-5-14/h4-7,16-17,20-21H,2-3,8-13H2,1H3. The molecule has 3 atom stereocenters. The maximum Gasteiger partial charge on any atom is 0.0706 e. The lowest BCUT2D eigenvalue weighted by Gasteiger charge is -2.43. The van der Waals surface area contributed by atoms with Gasteiger partial charge in [0.15, 0.2) is 0 Å². The van der Waals surface area contributed by atoms with Crippen LogP contribution in [0.4, 0.5) is 0 Å². The van der Waals surface area contributed by atoms with Gasteiger partial charge in [-0.2, -0.15) is 0 Å². The van der Waals surface area contributed by atoms with Gasteiger partial charge in [-0.05, 0) is 43.9 Å². The summed E-state index contributed by atoms with van der Waals surface area (Å²) in [6.07, 6.45) is 3.05. The molecule has 0 bridgehead atoms. The van der Waals surface area contributed by atoms with Gasteiger partial charge in [-0.25, -0.2) is 0 Å². The van der Waals surface area contributed by atoms with E-state index >= 15 is 0 Å². The van der Waals surface area contributed by atoms with Crippen molar-refractivity contribution in [1.29, 1.82) is 0 Å². The van der Waals surface area contributed by atoms with E-state index in [-0.39, 0.29) is 12.5 Å². The molecule has 0 amide bonds. The fourth-order valence-electron chi connectivity index (χ4n) is 3.87. The lowest BCUT2D eigenvalue weighted by atomic mass is 9.79. The second-order valence-electron chi connectivity index (χ2n) is 6.94. The van der Waals surface area contributed by atoms with Crippen LogP contribution in [0.1, 0.15) is 37.3 Å². The molecule has 122 valence electrons. The van der Waals surface area contributed by atoms with Gasteiger partial charge in [0, 0.05) is 25.1 Å². The molecule has 0 aliphatic carbocycles. The smallest absolute Gasteiger partial charge is 0.0706 e. The van der Waals surface area contributed by atoms with Gasteiger partial charge in [0.2, 0.25) is 0 Å². The summed E-state index contributed by atoms with van der Waals surface area (Å²) in [5.74, 6) is 0.195. The number of likely N-dealkylation sites (tertiary alicyclic amines) is 1. The van der Waals surface area contributed by atoms with Crippen molar-refractivity contribution in [1.82, 2.24) is 4.90 Å². The number of benzene rings is 1. The quantitative estimate of drug-likeness (QED) is 0.892. The van der Waals surface area contributed by atoms with Gasteiger partial charge in [0.05, 0.1) is 18.8 Å². The monoisotopic (exact) mass is 305 g/mol. The van der Waals surface area contributed by atoms with Crippen molar-refractivity contribution in [2.75, 3.05) is 19.8 Å². The predicted octanol–water partition coefficient (Wildman–Crippen LogP) is 1.93. The van der Waals surface area contributed by atoms with Crippen molar-refractivity contribution >= 4 is 0 Å². The molecular formula is C18H27NO3. The maximum atomic E-state index is 10.7. The van der Waals surface area contributed by atoms with E-state index in [0.29, 0.717) is 19.3 Å². The topological polar surface area (TPSA) is 52.9 Å². The number of aliphatic hydroxyl groups is 2. The van der Waals surface area contributed by atoms with Crippen LogP contribution in [-0.4, -0.2) is 46.5 Å². The first-order chi connectivity index (χ1) is 10.6. The van der Waals surface area contributed by atoms with Crippen molar-refractivity contribution in [2.45, 2.75) is 51.0 Å². The Labute approximate surface area is 132 Å². The summed E-state index contributed by atoms with van der Waals surface area (Å²) in [6, 6.07) is 8.56. The molecule has 1 aromatic rings. The average Bonchev–Trinajstić information content (AvgIpc) is 2.95. The molecule has 3 unspecified atom stereocenters. The molecule has 0 radical (unpaired) electrons. The van der Waals surface area contributed by atoms with Gasteiger partial charge in [-0.15, -0.1) is 0 Å². The Balaban J connectivity index is 1.69. The zero-order valence-corrected chi connectivity index (χ0v) is 13.4. The zero-order valence-electron chi connectivity index (χ0n) is 13.4. The number of ether oxygens (including phenoxy) is 1. The SMILES string of the molecule is CC1(O)CCOCC1C1CCCN1Cc1ccc(CO)cc1. The molecule has 3 rings (SSSR count). The molecular weight excluding hydrogens is 278 g/mol. The first-order valence-electron chi connectivity index (χ1n) is 8.33. The van der Waals surface area contributed by atoms with Crippen molar-refractivity contribution < 1.29 is 14.9 Å². The third-order valence-corrected chi connectivity index (χ3v) is 5.32. The van der Waals surface area contributed by atoms with Crippen LogP contribution in [-0.2, 0) is 17.9 Å². The summed E-state index contributed by atoms with van der Waals surface area (Å²) >= 11 is 0. The Morgan fingerprint density at radius 3 is 2.68 bits per heavy atom. The van der Waals surface area contributed by atoms with E-state index in [2.05, 4.69) is 17.0 Å². The van der Waals surface area contributed by atoms with Crippen LogP contribution in [0.25, 0.3) is 0 Å². The van der Waals surface area contributed by atoms with Crippen molar-refractivity contribution in [3.05, 3.63) is 35.4 Å². The van der Waals surface area contributed by atoms with E-state index in [9.17, 15) is 5.11 Å². The Bertz CT molecular complexity index is 486. The molecule has 2 aliphatic rings. The molecule has 2 heterocycles. The minimum Gasteiger partial charge on any atom is -0.392 e. The minimum atomic E-state index is -0.619. The summed E-state index contributed by atoms with van der Waals surface area (Å²) in [4.78, 5) is 2.49. The second kappa shape index (κ2) is 6.67. The van der Waals surface area contributed by atoms with Gasteiger partial charge in [0.25, 0.3) is 0 Å². The molecule has 4 nitrogen and oxygen atoms in total. The van der Waals surface area contributed by atoms with Crippen LogP contribution in [0.5, 0.6) is 0 Å². The van der Waals surface area contributed by atoms with E-state index in [4.69, 9.17) is 9.84 Å². The van der Waals surface area contributed by atoms with E-state index in [1.807, 2.05) is 19.1 Å². The zero-order chi connectivity index (χ0) is 15.6. The maximum absolute atomic E-state index is 10.7. The second-order valence-corrected chi connectivity index (χ2v) is 6.94. The number of hydrogen-bond acceptors (Lipinski definition) is 4. The Kier molecular flexibility index (Phi) is 4.83. The van der Waals surface area contributed by atoms with Crippen LogP contribution in [0.15, 0.2) is 24.3 Å². The lowest BCUT2D eigenvalue weighted by molar-refractivity contribution is -0.123. The molecule has 0 saturated carbocycles. The molecule has 0 spiro atoms. The summed E-state index contributed by atoms with van der Waals surface area (Å²) in [7, 11) is 0. The van der Waals surface area contributed by atoms with Gasteiger partial charge in [-0.1, -0.05) is 24.3 Å². The van der Waals surface area contributed by atoms with Crippen LogP contribution in [0, 0.1) is 5.92 Å². The third kappa shape index (κ3) is 3.35. The van der Waals surface area contributed by atoms with E-state index in [1.54, 1.807) is 0 Å². The third-order valence-electron chi connectivity index (χ3n) is 5.32.